The van der Waals surface area contributed by atoms with Crippen LogP contribution >= 0.6 is 0 Å². The Balaban J connectivity index is 1.64. The number of alkyl halides is 2. The first-order chi connectivity index (χ1) is 17.2. The Morgan fingerprint density at radius 1 is 1.00 bits per heavy atom. The molecule has 13 nitrogen and oxygen atoms in total. The van der Waals surface area contributed by atoms with E-state index in [-0.39, 0.29) is 30.5 Å². The van der Waals surface area contributed by atoms with Crippen LogP contribution in [0.5, 0.6) is 0 Å². The SMILES string of the molecule is CS(=O)(=O)N1CCN(c2nc3c(N4CCOCC4)nc(-c4cnc(N)nc4)nc3n2CC(F)F)CC1. The maximum atomic E-state index is 13.8. The number of anilines is 3. The lowest BCUT2D eigenvalue weighted by atomic mass is 10.3. The fourth-order valence-corrected chi connectivity index (χ4v) is 5.15. The molecule has 2 saturated heterocycles. The highest BCUT2D eigenvalue weighted by atomic mass is 32.2. The number of rotatable bonds is 6. The second-order valence-corrected chi connectivity index (χ2v) is 10.5. The summed E-state index contributed by atoms with van der Waals surface area (Å²) >= 11 is 0. The summed E-state index contributed by atoms with van der Waals surface area (Å²) in [6.45, 7) is 2.52. The molecular formula is C20H26F2N10O3S. The lowest BCUT2D eigenvalue weighted by Gasteiger charge is -2.34. The number of nitrogens with two attached hydrogens (primary N) is 1. The average Bonchev–Trinajstić information content (AvgIpc) is 3.21. The predicted octanol–water partition coefficient (Wildman–Crippen LogP) is 0.0488. The lowest BCUT2D eigenvalue weighted by Crippen LogP contribution is -2.49. The molecule has 2 aliphatic heterocycles. The number of ether oxygens (including phenoxy) is 1. The fraction of sp³-hybridized carbons (Fsp3) is 0.550. The van der Waals surface area contributed by atoms with E-state index in [1.54, 1.807) is 4.90 Å². The number of sulfonamides is 1. The van der Waals surface area contributed by atoms with Gasteiger partial charge < -0.3 is 20.3 Å². The van der Waals surface area contributed by atoms with E-state index in [0.29, 0.717) is 62.2 Å². The molecule has 0 bridgehead atoms. The summed E-state index contributed by atoms with van der Waals surface area (Å²) in [6.07, 6.45) is 1.45. The van der Waals surface area contributed by atoms with Crippen molar-refractivity contribution < 1.29 is 21.9 Å². The molecule has 0 aliphatic carbocycles. The summed E-state index contributed by atoms with van der Waals surface area (Å²) in [5, 5.41) is 0. The van der Waals surface area contributed by atoms with Crippen molar-refractivity contribution in [3.63, 3.8) is 0 Å². The number of hydrogen-bond acceptors (Lipinski definition) is 11. The molecule has 0 saturated carbocycles. The van der Waals surface area contributed by atoms with Gasteiger partial charge in [0.1, 0.15) is 0 Å². The van der Waals surface area contributed by atoms with Crippen molar-refractivity contribution in [1.29, 1.82) is 0 Å². The van der Waals surface area contributed by atoms with Crippen molar-refractivity contribution in [2.24, 2.45) is 0 Å². The van der Waals surface area contributed by atoms with Crippen LogP contribution in [0.3, 0.4) is 0 Å². The zero-order chi connectivity index (χ0) is 25.4. The molecule has 2 aliphatic rings. The maximum absolute atomic E-state index is 13.8. The van der Waals surface area contributed by atoms with Crippen molar-refractivity contribution in [1.82, 2.24) is 33.8 Å². The molecule has 0 atom stereocenters. The summed E-state index contributed by atoms with van der Waals surface area (Å²) in [5.41, 5.74) is 6.73. The van der Waals surface area contributed by atoms with E-state index in [1.165, 1.54) is 21.3 Å². The van der Waals surface area contributed by atoms with Gasteiger partial charge in [0.05, 0.1) is 31.6 Å². The van der Waals surface area contributed by atoms with E-state index in [1.807, 2.05) is 4.90 Å². The second kappa shape index (κ2) is 9.67. The molecule has 36 heavy (non-hydrogen) atoms. The first-order valence-electron chi connectivity index (χ1n) is 11.4. The summed E-state index contributed by atoms with van der Waals surface area (Å²) in [6, 6.07) is 0. The summed E-state index contributed by atoms with van der Waals surface area (Å²) < 4.78 is 59.6. The molecule has 3 aromatic rings. The number of fused-ring (bicyclic) bond motifs is 1. The number of nitrogen functional groups attached to an aromatic ring is 1. The van der Waals surface area contributed by atoms with Crippen LogP contribution in [-0.2, 0) is 21.3 Å². The summed E-state index contributed by atoms with van der Waals surface area (Å²) in [7, 11) is -3.35. The van der Waals surface area contributed by atoms with Gasteiger partial charge in [0.15, 0.2) is 22.8 Å². The number of imidazole rings is 1. The van der Waals surface area contributed by atoms with Crippen LogP contribution < -0.4 is 15.5 Å². The zero-order valence-electron chi connectivity index (χ0n) is 19.6. The largest absolute Gasteiger partial charge is 0.378 e. The minimum Gasteiger partial charge on any atom is -0.378 e. The van der Waals surface area contributed by atoms with Crippen LogP contribution in [0.4, 0.5) is 26.5 Å². The minimum atomic E-state index is -3.35. The maximum Gasteiger partial charge on any atom is 0.256 e. The molecular weight excluding hydrogens is 498 g/mol. The molecule has 2 fully saturated rings. The van der Waals surface area contributed by atoms with E-state index in [9.17, 15) is 17.2 Å². The number of nitrogens with zero attached hydrogens (tertiary/aromatic N) is 9. The van der Waals surface area contributed by atoms with E-state index in [4.69, 9.17) is 20.4 Å². The van der Waals surface area contributed by atoms with Crippen molar-refractivity contribution >= 4 is 38.9 Å². The third-order valence-corrected chi connectivity index (χ3v) is 7.41. The van der Waals surface area contributed by atoms with Gasteiger partial charge in [-0.3, -0.25) is 4.57 Å². The van der Waals surface area contributed by atoms with Gasteiger partial charge in [-0.25, -0.2) is 42.1 Å². The van der Waals surface area contributed by atoms with Crippen molar-refractivity contribution in [3.05, 3.63) is 12.4 Å². The highest BCUT2D eigenvalue weighted by Crippen LogP contribution is 2.32. The van der Waals surface area contributed by atoms with Crippen LogP contribution in [0.2, 0.25) is 0 Å². The van der Waals surface area contributed by atoms with Gasteiger partial charge in [-0.15, -0.1) is 0 Å². The van der Waals surface area contributed by atoms with Gasteiger partial charge in [-0.05, 0) is 0 Å². The number of aromatic nitrogens is 6. The highest BCUT2D eigenvalue weighted by Gasteiger charge is 2.30. The van der Waals surface area contributed by atoms with Crippen LogP contribution in [0, 0.1) is 0 Å². The quantitative estimate of drug-likeness (QED) is 0.466. The third kappa shape index (κ3) is 4.87. The molecule has 0 spiro atoms. The van der Waals surface area contributed by atoms with Gasteiger partial charge >= 0.3 is 0 Å². The van der Waals surface area contributed by atoms with Gasteiger partial charge in [0.2, 0.25) is 21.9 Å². The Morgan fingerprint density at radius 2 is 1.67 bits per heavy atom. The summed E-state index contributed by atoms with van der Waals surface area (Å²) in [5.74, 6) is 1.14. The highest BCUT2D eigenvalue weighted by molar-refractivity contribution is 7.88. The number of hydrogen-bond donors (Lipinski definition) is 1. The van der Waals surface area contributed by atoms with Crippen LogP contribution in [0.1, 0.15) is 0 Å². The molecule has 0 radical (unpaired) electrons. The van der Waals surface area contributed by atoms with Gasteiger partial charge in [-0.2, -0.15) is 4.31 Å². The van der Waals surface area contributed by atoms with E-state index >= 15 is 0 Å². The van der Waals surface area contributed by atoms with Gasteiger partial charge in [0.25, 0.3) is 6.43 Å². The number of halogens is 2. The molecule has 5 heterocycles. The monoisotopic (exact) mass is 524 g/mol. The topological polar surface area (TPSA) is 148 Å². The Kier molecular flexibility index (Phi) is 6.57. The zero-order valence-corrected chi connectivity index (χ0v) is 20.4. The lowest BCUT2D eigenvalue weighted by molar-refractivity contribution is 0.122. The third-order valence-electron chi connectivity index (χ3n) is 6.11. The summed E-state index contributed by atoms with van der Waals surface area (Å²) in [4.78, 5) is 25.8. The first-order valence-corrected chi connectivity index (χ1v) is 13.2. The molecule has 0 aromatic carbocycles. The number of morpholine rings is 1. The Labute approximate surface area is 206 Å². The van der Waals surface area contributed by atoms with Gasteiger partial charge in [-0.1, -0.05) is 0 Å². The number of piperazine rings is 1. The van der Waals surface area contributed by atoms with Crippen LogP contribution in [0.15, 0.2) is 12.4 Å². The molecule has 3 aromatic heterocycles. The Bertz CT molecular complexity index is 1340. The Hall–Kier alpha value is -3.24. The molecule has 5 rings (SSSR count). The molecule has 0 unspecified atom stereocenters. The first kappa shape index (κ1) is 24.5. The fourth-order valence-electron chi connectivity index (χ4n) is 4.32. The molecule has 2 N–H and O–H groups in total. The standard InChI is InChI=1S/C20H26F2N10O3S/c1-36(33,34)31-4-2-30(3-5-31)20-26-15-17(29-6-8-35-9-7-29)27-16(13-10-24-19(23)25-11-13)28-18(15)32(20)12-14(21)22/h10-11,14H,2-9,12H2,1H3,(H2,23,24,25). The second-order valence-electron chi connectivity index (χ2n) is 8.53. The molecule has 194 valence electrons. The van der Waals surface area contributed by atoms with E-state index in [2.05, 4.69) is 15.0 Å². The van der Waals surface area contributed by atoms with Crippen molar-refractivity contribution in [2.75, 3.05) is 74.3 Å². The minimum absolute atomic E-state index is 0.0893. The van der Waals surface area contributed by atoms with E-state index in [0.717, 1.165) is 6.26 Å². The smallest absolute Gasteiger partial charge is 0.256 e. The van der Waals surface area contributed by atoms with Crippen LogP contribution in [-0.4, -0.2) is 107 Å². The van der Waals surface area contributed by atoms with E-state index < -0.39 is 23.0 Å². The van der Waals surface area contributed by atoms with Gasteiger partial charge in [0, 0.05) is 51.7 Å². The Morgan fingerprint density at radius 3 is 2.28 bits per heavy atom. The molecule has 16 heteroatoms. The van der Waals surface area contributed by atoms with Crippen molar-refractivity contribution in [2.45, 2.75) is 13.0 Å². The predicted molar refractivity (Wildman–Crippen MR) is 128 cm³/mol. The van der Waals surface area contributed by atoms with Crippen molar-refractivity contribution in [3.8, 4) is 11.4 Å². The molecule has 0 amide bonds. The van der Waals surface area contributed by atoms with Crippen LogP contribution in [0.25, 0.3) is 22.6 Å². The average molecular weight is 525 g/mol. The normalized spacial score (nSPS) is 17.9.